The molecule has 1 unspecified atom stereocenters. The Kier molecular flexibility index (Phi) is 3.64. The van der Waals surface area contributed by atoms with Crippen LogP contribution in [0.15, 0.2) is 36.4 Å². The number of unbranched alkanes of at least 4 members (excludes halogenated alkanes) is 1. The lowest BCUT2D eigenvalue weighted by molar-refractivity contribution is 0.164. The normalized spacial score (nSPS) is 12.8. The van der Waals surface area contributed by atoms with Crippen LogP contribution < -0.4 is 0 Å². The Hall–Kier alpha value is -1.54. The second-order valence-corrected chi connectivity index (χ2v) is 4.45. The van der Waals surface area contributed by atoms with Crippen molar-refractivity contribution in [3.05, 3.63) is 42.0 Å². The lowest BCUT2D eigenvalue weighted by Crippen LogP contribution is -1.96. The molecule has 0 saturated heterocycles. The van der Waals surface area contributed by atoms with E-state index in [0.717, 1.165) is 35.6 Å². The molecule has 0 heterocycles. The molecule has 2 heteroatoms. The van der Waals surface area contributed by atoms with E-state index in [9.17, 15) is 10.2 Å². The average Bonchev–Trinajstić information content (AvgIpc) is 2.35. The van der Waals surface area contributed by atoms with Gasteiger partial charge in [-0.2, -0.15) is 0 Å². The molecular formula is C15H18O2. The molecule has 0 radical (unpaired) electrons. The molecule has 0 amide bonds. The quantitative estimate of drug-likeness (QED) is 0.839. The number of hydrogen-bond donors (Lipinski definition) is 2. The van der Waals surface area contributed by atoms with Crippen LogP contribution in [0.3, 0.4) is 0 Å². The van der Waals surface area contributed by atoms with E-state index in [1.807, 2.05) is 24.3 Å². The number of aromatic hydroxyl groups is 1. The van der Waals surface area contributed by atoms with Crippen LogP contribution in [-0.4, -0.2) is 10.2 Å². The lowest BCUT2D eigenvalue weighted by Gasteiger charge is -2.11. The van der Waals surface area contributed by atoms with Gasteiger partial charge < -0.3 is 10.2 Å². The molecule has 90 valence electrons. The van der Waals surface area contributed by atoms with Gasteiger partial charge in [0.05, 0.1) is 6.10 Å². The lowest BCUT2D eigenvalue weighted by atomic mass is 10.0. The third-order valence-electron chi connectivity index (χ3n) is 3.06. The first kappa shape index (κ1) is 11.9. The van der Waals surface area contributed by atoms with E-state index >= 15 is 0 Å². The van der Waals surface area contributed by atoms with E-state index in [0.29, 0.717) is 0 Å². The molecule has 17 heavy (non-hydrogen) atoms. The number of phenolic OH excluding ortho intramolecular Hbond substituents is 1. The molecule has 1 atom stereocenters. The summed E-state index contributed by atoms with van der Waals surface area (Å²) in [5, 5.41) is 21.4. The molecule has 2 nitrogen and oxygen atoms in total. The van der Waals surface area contributed by atoms with Crippen molar-refractivity contribution in [2.75, 3.05) is 0 Å². The third-order valence-corrected chi connectivity index (χ3v) is 3.06. The predicted molar refractivity (Wildman–Crippen MR) is 70.1 cm³/mol. The highest BCUT2D eigenvalue weighted by atomic mass is 16.3. The van der Waals surface area contributed by atoms with Gasteiger partial charge in [0.2, 0.25) is 0 Å². The molecule has 0 aliphatic rings. The summed E-state index contributed by atoms with van der Waals surface area (Å²) in [6, 6.07) is 11.2. The van der Waals surface area contributed by atoms with Gasteiger partial charge in [-0.15, -0.1) is 0 Å². The minimum Gasteiger partial charge on any atom is -0.508 e. The zero-order valence-corrected chi connectivity index (χ0v) is 10.1. The summed E-state index contributed by atoms with van der Waals surface area (Å²) in [5.74, 6) is 0.275. The fourth-order valence-electron chi connectivity index (χ4n) is 2.02. The summed E-state index contributed by atoms with van der Waals surface area (Å²) < 4.78 is 0. The number of fused-ring (bicyclic) bond motifs is 1. The monoisotopic (exact) mass is 230 g/mol. The highest BCUT2D eigenvalue weighted by molar-refractivity contribution is 5.84. The highest BCUT2D eigenvalue weighted by Gasteiger charge is 2.07. The van der Waals surface area contributed by atoms with Crippen molar-refractivity contribution in [1.82, 2.24) is 0 Å². The van der Waals surface area contributed by atoms with Crippen molar-refractivity contribution in [2.24, 2.45) is 0 Å². The maximum atomic E-state index is 10.0. The number of phenols is 1. The Morgan fingerprint density at radius 1 is 1.06 bits per heavy atom. The average molecular weight is 230 g/mol. The van der Waals surface area contributed by atoms with Gasteiger partial charge in [-0.1, -0.05) is 38.0 Å². The maximum absolute atomic E-state index is 10.0. The summed E-state index contributed by atoms with van der Waals surface area (Å²) in [7, 11) is 0. The molecule has 0 aliphatic heterocycles. The Labute approximate surface area is 102 Å². The minimum atomic E-state index is -0.381. The molecule has 2 N–H and O–H groups in total. The summed E-state index contributed by atoms with van der Waals surface area (Å²) in [6.07, 6.45) is 2.56. The Balaban J connectivity index is 2.28. The fraction of sp³-hybridized carbons (Fsp3) is 0.333. The summed E-state index contributed by atoms with van der Waals surface area (Å²) in [4.78, 5) is 0. The van der Waals surface area contributed by atoms with Gasteiger partial charge >= 0.3 is 0 Å². The van der Waals surface area contributed by atoms with Crippen LogP contribution >= 0.6 is 0 Å². The van der Waals surface area contributed by atoms with Crippen LogP contribution in [0.4, 0.5) is 0 Å². The second kappa shape index (κ2) is 5.19. The molecule has 0 fully saturated rings. The molecule has 0 bridgehead atoms. The molecule has 2 aromatic carbocycles. The van der Waals surface area contributed by atoms with E-state index in [1.165, 1.54) is 0 Å². The largest absolute Gasteiger partial charge is 0.508 e. The van der Waals surface area contributed by atoms with Crippen molar-refractivity contribution < 1.29 is 10.2 Å². The summed E-state index contributed by atoms with van der Waals surface area (Å²) in [5.41, 5.74) is 0.955. The first-order chi connectivity index (χ1) is 8.20. The van der Waals surface area contributed by atoms with Crippen molar-refractivity contribution in [3.8, 4) is 5.75 Å². The zero-order valence-electron chi connectivity index (χ0n) is 10.1. The van der Waals surface area contributed by atoms with Crippen LogP contribution in [0, 0.1) is 0 Å². The van der Waals surface area contributed by atoms with Gasteiger partial charge in [0.25, 0.3) is 0 Å². The Bertz CT molecular complexity index is 505. The van der Waals surface area contributed by atoms with Gasteiger partial charge in [0.1, 0.15) is 5.75 Å². The topological polar surface area (TPSA) is 40.5 Å². The Morgan fingerprint density at radius 2 is 1.76 bits per heavy atom. The smallest absolute Gasteiger partial charge is 0.116 e. The fourth-order valence-corrected chi connectivity index (χ4v) is 2.02. The first-order valence-electron chi connectivity index (χ1n) is 6.11. The summed E-state index contributed by atoms with van der Waals surface area (Å²) >= 11 is 0. The maximum Gasteiger partial charge on any atom is 0.116 e. The van der Waals surface area contributed by atoms with Crippen LogP contribution in [0.5, 0.6) is 5.75 Å². The SMILES string of the molecule is CCCCC(O)c1ccc2cc(O)ccc2c1. The number of benzene rings is 2. The standard InChI is InChI=1S/C15H18O2/c1-2-3-4-15(17)13-6-5-12-10-14(16)8-7-11(12)9-13/h5-10,15-17H,2-4H2,1H3. The van der Waals surface area contributed by atoms with Crippen molar-refractivity contribution in [3.63, 3.8) is 0 Å². The van der Waals surface area contributed by atoms with Gasteiger partial charge in [-0.05, 0) is 41.0 Å². The van der Waals surface area contributed by atoms with Gasteiger partial charge in [0, 0.05) is 0 Å². The number of hydrogen-bond acceptors (Lipinski definition) is 2. The van der Waals surface area contributed by atoms with Crippen molar-refractivity contribution >= 4 is 10.8 Å². The highest BCUT2D eigenvalue weighted by Crippen LogP contribution is 2.25. The molecule has 2 rings (SSSR count). The van der Waals surface area contributed by atoms with E-state index < -0.39 is 0 Å². The summed E-state index contributed by atoms with van der Waals surface area (Å²) in [6.45, 7) is 2.12. The molecule has 2 aromatic rings. The zero-order chi connectivity index (χ0) is 12.3. The van der Waals surface area contributed by atoms with Crippen molar-refractivity contribution in [2.45, 2.75) is 32.3 Å². The van der Waals surface area contributed by atoms with E-state index in [1.54, 1.807) is 12.1 Å². The van der Waals surface area contributed by atoms with Crippen molar-refractivity contribution in [1.29, 1.82) is 0 Å². The number of aliphatic hydroxyl groups excluding tert-OH is 1. The number of rotatable bonds is 4. The molecule has 0 spiro atoms. The number of aliphatic hydroxyl groups is 1. The van der Waals surface area contributed by atoms with Gasteiger partial charge in [-0.25, -0.2) is 0 Å². The second-order valence-electron chi connectivity index (χ2n) is 4.45. The molecular weight excluding hydrogens is 212 g/mol. The van der Waals surface area contributed by atoms with Gasteiger partial charge in [0.15, 0.2) is 0 Å². The molecule has 0 aromatic heterocycles. The van der Waals surface area contributed by atoms with E-state index in [-0.39, 0.29) is 11.9 Å². The van der Waals surface area contributed by atoms with Crippen LogP contribution in [0.25, 0.3) is 10.8 Å². The van der Waals surface area contributed by atoms with Gasteiger partial charge in [-0.3, -0.25) is 0 Å². The molecule has 0 aliphatic carbocycles. The van der Waals surface area contributed by atoms with Crippen LogP contribution in [0.1, 0.15) is 37.9 Å². The Morgan fingerprint density at radius 3 is 2.53 bits per heavy atom. The molecule has 0 saturated carbocycles. The van der Waals surface area contributed by atoms with E-state index in [2.05, 4.69) is 6.92 Å². The van der Waals surface area contributed by atoms with Crippen LogP contribution in [-0.2, 0) is 0 Å². The predicted octanol–water partition coefficient (Wildman–Crippen LogP) is 3.77. The minimum absolute atomic E-state index is 0.275. The van der Waals surface area contributed by atoms with Crippen LogP contribution in [0.2, 0.25) is 0 Å². The third kappa shape index (κ3) is 2.77. The van der Waals surface area contributed by atoms with E-state index in [4.69, 9.17) is 0 Å². The first-order valence-corrected chi connectivity index (χ1v) is 6.11.